The monoisotopic (exact) mass is 399 g/mol. The summed E-state index contributed by atoms with van der Waals surface area (Å²) >= 11 is 0. The molecule has 156 valence electrons. The number of hydrogen-bond donors (Lipinski definition) is 0. The Morgan fingerprint density at radius 3 is 2.69 bits per heavy atom. The molecular weight excluding hydrogens is 370 g/mol. The summed E-state index contributed by atoms with van der Waals surface area (Å²) in [6, 6.07) is 7.45. The van der Waals surface area contributed by atoms with Gasteiger partial charge in [0, 0.05) is 39.3 Å². The van der Waals surface area contributed by atoms with Gasteiger partial charge in [0.15, 0.2) is 0 Å². The van der Waals surface area contributed by atoms with Crippen molar-refractivity contribution in [2.45, 2.75) is 39.4 Å². The molecule has 1 aromatic carbocycles. The molecule has 0 aliphatic carbocycles. The Kier molecular flexibility index (Phi) is 6.16. The molecule has 1 aromatic heterocycles. The number of piperazine rings is 1. The first-order valence-corrected chi connectivity index (χ1v) is 10.4. The molecule has 2 saturated heterocycles. The Morgan fingerprint density at radius 1 is 1.21 bits per heavy atom. The van der Waals surface area contributed by atoms with E-state index in [9.17, 15) is 4.79 Å². The van der Waals surface area contributed by atoms with Gasteiger partial charge in [0.1, 0.15) is 18.1 Å². The SMILES string of the molecule is Cc1noc(C)c1COc1ccccc1C(=O)N1CCN(CC2CCCO2)CC1. The van der Waals surface area contributed by atoms with Crippen LogP contribution in [0.3, 0.4) is 0 Å². The van der Waals surface area contributed by atoms with Crippen LogP contribution in [-0.4, -0.2) is 66.3 Å². The number of rotatable bonds is 6. The Bertz CT molecular complexity index is 817. The van der Waals surface area contributed by atoms with Crippen LogP contribution in [0.1, 0.15) is 40.2 Å². The summed E-state index contributed by atoms with van der Waals surface area (Å²) < 4.78 is 16.9. The standard InChI is InChI=1S/C22H29N3O4/c1-16-20(17(2)29-23-16)15-28-21-8-4-3-7-19(21)22(26)25-11-9-24(10-12-25)14-18-6-5-13-27-18/h3-4,7-8,18H,5-6,9-15H2,1-2H3. The van der Waals surface area contributed by atoms with Gasteiger partial charge in [-0.05, 0) is 38.8 Å². The second kappa shape index (κ2) is 8.97. The van der Waals surface area contributed by atoms with Crippen LogP contribution < -0.4 is 4.74 Å². The number of ether oxygens (including phenoxy) is 2. The second-order valence-corrected chi connectivity index (χ2v) is 7.82. The van der Waals surface area contributed by atoms with Crippen LogP contribution in [0.25, 0.3) is 0 Å². The topological polar surface area (TPSA) is 68.0 Å². The van der Waals surface area contributed by atoms with Crippen LogP contribution in [0.15, 0.2) is 28.8 Å². The van der Waals surface area contributed by atoms with E-state index >= 15 is 0 Å². The smallest absolute Gasteiger partial charge is 0.257 e. The van der Waals surface area contributed by atoms with Gasteiger partial charge >= 0.3 is 0 Å². The molecule has 0 spiro atoms. The highest BCUT2D eigenvalue weighted by Crippen LogP contribution is 2.24. The molecule has 2 fully saturated rings. The number of hydrogen-bond acceptors (Lipinski definition) is 6. The van der Waals surface area contributed by atoms with Crippen LogP contribution >= 0.6 is 0 Å². The fourth-order valence-electron chi connectivity index (χ4n) is 4.01. The van der Waals surface area contributed by atoms with Crippen molar-refractivity contribution in [3.05, 3.63) is 46.8 Å². The zero-order valence-electron chi connectivity index (χ0n) is 17.2. The first kappa shape index (κ1) is 19.9. The Morgan fingerprint density at radius 2 is 2.00 bits per heavy atom. The zero-order valence-corrected chi connectivity index (χ0v) is 17.2. The van der Waals surface area contributed by atoms with Crippen LogP contribution in [0.4, 0.5) is 0 Å². The lowest BCUT2D eigenvalue weighted by molar-refractivity contribution is 0.0430. The molecular formula is C22H29N3O4. The van der Waals surface area contributed by atoms with Crippen LogP contribution in [0.5, 0.6) is 5.75 Å². The Balaban J connectivity index is 1.36. The van der Waals surface area contributed by atoms with Gasteiger partial charge in [-0.15, -0.1) is 0 Å². The lowest BCUT2D eigenvalue weighted by Crippen LogP contribution is -2.50. The molecule has 1 amide bonds. The Hall–Kier alpha value is -2.38. The molecule has 0 radical (unpaired) electrons. The third-order valence-corrected chi connectivity index (χ3v) is 5.82. The molecule has 0 saturated carbocycles. The molecule has 2 aromatic rings. The van der Waals surface area contributed by atoms with Crippen molar-refractivity contribution in [3.63, 3.8) is 0 Å². The van der Waals surface area contributed by atoms with Gasteiger partial charge in [-0.25, -0.2) is 0 Å². The van der Waals surface area contributed by atoms with E-state index < -0.39 is 0 Å². The summed E-state index contributed by atoms with van der Waals surface area (Å²) in [6.45, 7) is 9.16. The van der Waals surface area contributed by atoms with Gasteiger partial charge in [-0.2, -0.15) is 0 Å². The number of aromatic nitrogens is 1. The van der Waals surface area contributed by atoms with Crippen LogP contribution in [0.2, 0.25) is 0 Å². The third kappa shape index (κ3) is 4.62. The van der Waals surface area contributed by atoms with E-state index in [4.69, 9.17) is 14.0 Å². The minimum Gasteiger partial charge on any atom is -0.488 e. The number of amides is 1. The summed E-state index contributed by atoms with van der Waals surface area (Å²) in [5.41, 5.74) is 2.34. The average molecular weight is 399 g/mol. The maximum Gasteiger partial charge on any atom is 0.257 e. The van der Waals surface area contributed by atoms with Crippen molar-refractivity contribution in [2.24, 2.45) is 0 Å². The summed E-state index contributed by atoms with van der Waals surface area (Å²) in [5.74, 6) is 1.36. The Labute approximate surface area is 171 Å². The van der Waals surface area contributed by atoms with Gasteiger partial charge in [0.2, 0.25) is 0 Å². The molecule has 2 aliphatic rings. The third-order valence-electron chi connectivity index (χ3n) is 5.82. The minimum atomic E-state index is 0.0242. The van der Waals surface area contributed by atoms with Crippen molar-refractivity contribution in [1.82, 2.24) is 15.0 Å². The lowest BCUT2D eigenvalue weighted by Gasteiger charge is -2.36. The lowest BCUT2D eigenvalue weighted by atomic mass is 10.1. The van der Waals surface area contributed by atoms with Crippen molar-refractivity contribution in [2.75, 3.05) is 39.3 Å². The van der Waals surface area contributed by atoms with Crippen molar-refractivity contribution >= 4 is 5.91 Å². The molecule has 29 heavy (non-hydrogen) atoms. The van der Waals surface area contributed by atoms with E-state index in [-0.39, 0.29) is 5.91 Å². The van der Waals surface area contributed by atoms with E-state index in [0.717, 1.165) is 69.2 Å². The number of benzene rings is 1. The van der Waals surface area contributed by atoms with Crippen LogP contribution in [0, 0.1) is 13.8 Å². The minimum absolute atomic E-state index is 0.0242. The maximum absolute atomic E-state index is 13.1. The average Bonchev–Trinajstić information content (AvgIpc) is 3.36. The van der Waals surface area contributed by atoms with E-state index in [1.54, 1.807) is 0 Å². The van der Waals surface area contributed by atoms with Crippen molar-refractivity contribution in [3.8, 4) is 5.75 Å². The molecule has 2 aliphatic heterocycles. The summed E-state index contributed by atoms with van der Waals surface area (Å²) in [4.78, 5) is 17.5. The molecule has 1 atom stereocenters. The van der Waals surface area contributed by atoms with Crippen LogP contribution in [-0.2, 0) is 11.3 Å². The van der Waals surface area contributed by atoms with E-state index in [1.807, 2.05) is 43.0 Å². The molecule has 7 heteroatoms. The van der Waals surface area contributed by atoms with Crippen molar-refractivity contribution in [1.29, 1.82) is 0 Å². The van der Waals surface area contributed by atoms with Gasteiger partial charge in [-0.3, -0.25) is 9.69 Å². The van der Waals surface area contributed by atoms with Gasteiger partial charge < -0.3 is 18.9 Å². The van der Waals surface area contributed by atoms with E-state index in [2.05, 4.69) is 10.1 Å². The molecule has 4 rings (SSSR count). The number of carbonyl (C=O) groups excluding carboxylic acids is 1. The predicted molar refractivity (Wildman–Crippen MR) is 108 cm³/mol. The first-order chi connectivity index (χ1) is 14.1. The summed E-state index contributed by atoms with van der Waals surface area (Å²) in [5, 5.41) is 3.96. The highest BCUT2D eigenvalue weighted by molar-refractivity contribution is 5.97. The number of para-hydroxylation sites is 1. The van der Waals surface area contributed by atoms with Gasteiger partial charge in [-0.1, -0.05) is 17.3 Å². The molecule has 1 unspecified atom stereocenters. The summed E-state index contributed by atoms with van der Waals surface area (Å²) in [6.07, 6.45) is 2.67. The molecule has 0 N–H and O–H groups in total. The highest BCUT2D eigenvalue weighted by Gasteiger charge is 2.26. The highest BCUT2D eigenvalue weighted by atomic mass is 16.5. The number of nitrogens with zero attached hydrogens (tertiary/aromatic N) is 3. The zero-order chi connectivity index (χ0) is 20.2. The largest absolute Gasteiger partial charge is 0.488 e. The van der Waals surface area contributed by atoms with Gasteiger partial charge in [0.25, 0.3) is 5.91 Å². The maximum atomic E-state index is 13.1. The normalized spacial score (nSPS) is 20.2. The second-order valence-electron chi connectivity index (χ2n) is 7.82. The molecule has 3 heterocycles. The fourth-order valence-corrected chi connectivity index (χ4v) is 4.01. The van der Waals surface area contributed by atoms with Gasteiger partial charge in [0.05, 0.1) is 22.9 Å². The quantitative estimate of drug-likeness (QED) is 0.744. The fraction of sp³-hybridized carbons (Fsp3) is 0.545. The predicted octanol–water partition coefficient (Wildman–Crippen LogP) is 2.81. The van der Waals surface area contributed by atoms with Crippen molar-refractivity contribution < 1.29 is 18.8 Å². The first-order valence-electron chi connectivity index (χ1n) is 10.4. The summed E-state index contributed by atoms with van der Waals surface area (Å²) in [7, 11) is 0. The molecule has 0 bridgehead atoms. The number of aryl methyl sites for hydroxylation is 2. The molecule has 7 nitrogen and oxygen atoms in total. The number of carbonyl (C=O) groups is 1. The van der Waals surface area contributed by atoms with E-state index in [0.29, 0.717) is 24.0 Å². The van der Waals surface area contributed by atoms with E-state index in [1.165, 1.54) is 0 Å².